The van der Waals surface area contributed by atoms with Crippen molar-refractivity contribution in [1.82, 2.24) is 10.2 Å². The summed E-state index contributed by atoms with van der Waals surface area (Å²) in [6.07, 6.45) is 1.06. The molecule has 0 bridgehead atoms. The van der Waals surface area contributed by atoms with Gasteiger partial charge < -0.3 is 10.2 Å². The number of carbonyl (C=O) groups is 1. The molecule has 1 rings (SSSR count). The number of rotatable bonds is 1. The predicted octanol–water partition coefficient (Wildman–Crippen LogP) is 0.607. The molecule has 0 atom stereocenters. The first-order chi connectivity index (χ1) is 5.58. The van der Waals surface area contributed by atoms with Gasteiger partial charge in [-0.2, -0.15) is 0 Å². The average Bonchev–Trinajstić information content (AvgIpc) is 2.14. The van der Waals surface area contributed by atoms with Gasteiger partial charge in [-0.15, -0.1) is 0 Å². The zero-order valence-corrected chi connectivity index (χ0v) is 8.18. The van der Waals surface area contributed by atoms with Gasteiger partial charge in [-0.05, 0) is 33.7 Å². The van der Waals surface area contributed by atoms with Crippen LogP contribution < -0.4 is 5.32 Å². The Balaban J connectivity index is 2.73. The molecule has 0 spiro atoms. The average molecular weight is 170 g/mol. The van der Waals surface area contributed by atoms with E-state index < -0.39 is 0 Å². The molecule has 0 aromatic rings. The van der Waals surface area contributed by atoms with Crippen LogP contribution in [-0.4, -0.2) is 36.0 Å². The quantitative estimate of drug-likeness (QED) is 0.625. The summed E-state index contributed by atoms with van der Waals surface area (Å²) in [6, 6.07) is 0. The fourth-order valence-corrected chi connectivity index (χ4v) is 1.54. The van der Waals surface area contributed by atoms with E-state index in [1.807, 2.05) is 25.7 Å². The fraction of sp³-hybridized carbons (Fsp3) is 0.889. The summed E-state index contributed by atoms with van der Waals surface area (Å²) < 4.78 is 0. The number of nitrogens with zero attached hydrogens (tertiary/aromatic N) is 1. The SMILES string of the molecule is CCN1CCCNC(C)(C)C1=O. The zero-order valence-electron chi connectivity index (χ0n) is 8.18. The molecule has 1 N–H and O–H groups in total. The van der Waals surface area contributed by atoms with Gasteiger partial charge in [-0.3, -0.25) is 4.79 Å². The normalized spacial score (nSPS) is 23.9. The van der Waals surface area contributed by atoms with Crippen molar-refractivity contribution >= 4 is 5.91 Å². The molecule has 1 amide bonds. The van der Waals surface area contributed by atoms with E-state index in [-0.39, 0.29) is 11.4 Å². The van der Waals surface area contributed by atoms with E-state index >= 15 is 0 Å². The third-order valence-electron chi connectivity index (χ3n) is 2.38. The van der Waals surface area contributed by atoms with Gasteiger partial charge in [0.15, 0.2) is 0 Å². The monoisotopic (exact) mass is 170 g/mol. The predicted molar refractivity (Wildman–Crippen MR) is 49.0 cm³/mol. The molecular formula is C9H18N2O. The maximum absolute atomic E-state index is 11.8. The Labute approximate surface area is 74.1 Å². The lowest BCUT2D eigenvalue weighted by molar-refractivity contribution is -0.135. The minimum atomic E-state index is -0.369. The van der Waals surface area contributed by atoms with E-state index in [0.29, 0.717) is 0 Å². The van der Waals surface area contributed by atoms with Crippen molar-refractivity contribution in [2.45, 2.75) is 32.7 Å². The van der Waals surface area contributed by atoms with Crippen molar-refractivity contribution in [1.29, 1.82) is 0 Å². The van der Waals surface area contributed by atoms with Crippen molar-refractivity contribution in [3.63, 3.8) is 0 Å². The molecule has 0 radical (unpaired) electrons. The van der Waals surface area contributed by atoms with Crippen LogP contribution in [0.25, 0.3) is 0 Å². The molecule has 70 valence electrons. The largest absolute Gasteiger partial charge is 0.341 e. The number of amides is 1. The highest BCUT2D eigenvalue weighted by Gasteiger charge is 2.32. The number of hydrogen-bond acceptors (Lipinski definition) is 2. The summed E-state index contributed by atoms with van der Waals surface area (Å²) in [5.41, 5.74) is -0.369. The van der Waals surface area contributed by atoms with Gasteiger partial charge >= 0.3 is 0 Å². The molecule has 0 unspecified atom stereocenters. The fourth-order valence-electron chi connectivity index (χ4n) is 1.54. The molecular weight excluding hydrogens is 152 g/mol. The summed E-state index contributed by atoms with van der Waals surface area (Å²) in [6.45, 7) is 8.58. The molecule has 1 fully saturated rings. The maximum Gasteiger partial charge on any atom is 0.242 e. The van der Waals surface area contributed by atoms with Gasteiger partial charge in [0.2, 0.25) is 5.91 Å². The highest BCUT2D eigenvalue weighted by Crippen LogP contribution is 2.11. The van der Waals surface area contributed by atoms with E-state index in [2.05, 4.69) is 5.32 Å². The van der Waals surface area contributed by atoms with Gasteiger partial charge in [0.25, 0.3) is 0 Å². The standard InChI is InChI=1S/C9H18N2O/c1-4-11-7-5-6-10-9(2,3)8(11)12/h10H,4-7H2,1-3H3. The van der Waals surface area contributed by atoms with E-state index in [0.717, 1.165) is 26.1 Å². The minimum absolute atomic E-state index is 0.225. The first kappa shape index (κ1) is 9.52. The van der Waals surface area contributed by atoms with Crippen LogP contribution in [-0.2, 0) is 4.79 Å². The lowest BCUT2D eigenvalue weighted by atomic mass is 10.0. The van der Waals surface area contributed by atoms with Crippen LogP contribution in [0, 0.1) is 0 Å². The second kappa shape index (κ2) is 3.44. The summed E-state index contributed by atoms with van der Waals surface area (Å²) in [4.78, 5) is 13.7. The van der Waals surface area contributed by atoms with Crippen molar-refractivity contribution in [2.75, 3.05) is 19.6 Å². The molecule has 1 aliphatic rings. The Morgan fingerprint density at radius 3 is 2.83 bits per heavy atom. The molecule has 0 saturated carbocycles. The van der Waals surface area contributed by atoms with E-state index in [1.165, 1.54) is 0 Å². The van der Waals surface area contributed by atoms with Crippen molar-refractivity contribution in [3.05, 3.63) is 0 Å². The summed E-state index contributed by atoms with van der Waals surface area (Å²) in [7, 11) is 0. The lowest BCUT2D eigenvalue weighted by Crippen LogP contribution is -2.51. The Kier molecular flexibility index (Phi) is 2.73. The van der Waals surface area contributed by atoms with Crippen molar-refractivity contribution in [3.8, 4) is 0 Å². The molecule has 3 heteroatoms. The van der Waals surface area contributed by atoms with Gasteiger partial charge in [-0.25, -0.2) is 0 Å². The molecule has 1 heterocycles. The third kappa shape index (κ3) is 1.78. The maximum atomic E-state index is 11.8. The zero-order chi connectivity index (χ0) is 9.19. The van der Waals surface area contributed by atoms with Crippen LogP contribution in [0.5, 0.6) is 0 Å². The number of hydrogen-bond donors (Lipinski definition) is 1. The van der Waals surface area contributed by atoms with Crippen LogP contribution in [0.3, 0.4) is 0 Å². The van der Waals surface area contributed by atoms with Crippen molar-refractivity contribution < 1.29 is 4.79 Å². The van der Waals surface area contributed by atoms with Crippen LogP contribution in [0.2, 0.25) is 0 Å². The van der Waals surface area contributed by atoms with Crippen LogP contribution in [0.4, 0.5) is 0 Å². The Hall–Kier alpha value is -0.570. The first-order valence-corrected chi connectivity index (χ1v) is 4.62. The third-order valence-corrected chi connectivity index (χ3v) is 2.38. The summed E-state index contributed by atoms with van der Waals surface area (Å²) in [5.74, 6) is 0.225. The van der Waals surface area contributed by atoms with E-state index in [9.17, 15) is 4.79 Å². The molecule has 0 aromatic carbocycles. The Bertz CT molecular complexity index is 177. The highest BCUT2D eigenvalue weighted by atomic mass is 16.2. The number of nitrogens with one attached hydrogen (secondary N) is 1. The molecule has 3 nitrogen and oxygen atoms in total. The first-order valence-electron chi connectivity index (χ1n) is 4.62. The number of carbonyl (C=O) groups excluding carboxylic acids is 1. The smallest absolute Gasteiger partial charge is 0.242 e. The summed E-state index contributed by atoms with van der Waals surface area (Å²) >= 11 is 0. The molecule has 1 aliphatic heterocycles. The molecule has 12 heavy (non-hydrogen) atoms. The highest BCUT2D eigenvalue weighted by molar-refractivity contribution is 5.85. The van der Waals surface area contributed by atoms with E-state index in [4.69, 9.17) is 0 Å². The Morgan fingerprint density at radius 2 is 2.25 bits per heavy atom. The van der Waals surface area contributed by atoms with Crippen molar-refractivity contribution in [2.24, 2.45) is 0 Å². The van der Waals surface area contributed by atoms with Crippen LogP contribution in [0.1, 0.15) is 27.2 Å². The Morgan fingerprint density at radius 1 is 1.58 bits per heavy atom. The van der Waals surface area contributed by atoms with Gasteiger partial charge in [0.1, 0.15) is 0 Å². The van der Waals surface area contributed by atoms with E-state index in [1.54, 1.807) is 0 Å². The molecule has 1 saturated heterocycles. The van der Waals surface area contributed by atoms with Crippen LogP contribution in [0.15, 0.2) is 0 Å². The van der Waals surface area contributed by atoms with Gasteiger partial charge in [0.05, 0.1) is 5.54 Å². The number of likely N-dealkylation sites (N-methyl/N-ethyl adjacent to an activating group) is 1. The molecule has 0 aromatic heterocycles. The van der Waals surface area contributed by atoms with Gasteiger partial charge in [0, 0.05) is 13.1 Å². The minimum Gasteiger partial charge on any atom is -0.341 e. The lowest BCUT2D eigenvalue weighted by Gasteiger charge is -2.28. The molecule has 0 aliphatic carbocycles. The van der Waals surface area contributed by atoms with Gasteiger partial charge in [-0.1, -0.05) is 0 Å². The summed E-state index contributed by atoms with van der Waals surface area (Å²) in [5, 5.41) is 3.24. The second-order valence-corrected chi connectivity index (χ2v) is 3.79. The second-order valence-electron chi connectivity index (χ2n) is 3.79. The van der Waals surface area contributed by atoms with Crippen LogP contribution >= 0.6 is 0 Å². The topological polar surface area (TPSA) is 32.3 Å².